The van der Waals surface area contributed by atoms with Crippen LogP contribution in [0.2, 0.25) is 0 Å². The van der Waals surface area contributed by atoms with Crippen molar-refractivity contribution in [2.45, 2.75) is 57.8 Å². The minimum Gasteiger partial charge on any atom is -1.00 e. The molecule has 0 N–H and O–H groups in total. The summed E-state index contributed by atoms with van der Waals surface area (Å²) in [6, 6.07) is 21.0. The smallest absolute Gasteiger partial charge is 1.00 e. The van der Waals surface area contributed by atoms with Gasteiger partial charge in [-0.25, -0.2) is 0 Å². The summed E-state index contributed by atoms with van der Waals surface area (Å²) < 4.78 is 0. The van der Waals surface area contributed by atoms with E-state index in [1.54, 1.807) is 0 Å². The number of halogens is 1. The van der Waals surface area contributed by atoms with Gasteiger partial charge in [0, 0.05) is 0 Å². The van der Waals surface area contributed by atoms with Gasteiger partial charge in [0.15, 0.2) is 0 Å². The summed E-state index contributed by atoms with van der Waals surface area (Å²) in [5.74, 6) is 4.32. The molecule has 5 aliphatic carbocycles. The van der Waals surface area contributed by atoms with Crippen LogP contribution in [0.25, 0.3) is 11.1 Å². The quantitative estimate of drug-likeness (QED) is 0.454. The average molecular weight is 534 g/mol. The van der Waals surface area contributed by atoms with Gasteiger partial charge in [0.1, 0.15) is 0 Å². The molecule has 4 fully saturated rings. The molecular weight excluding hydrogens is 499 g/mol. The van der Waals surface area contributed by atoms with E-state index in [1.165, 1.54) is 73.6 Å². The Morgan fingerprint density at radius 2 is 1.18 bits per heavy atom. The molecule has 5 aliphatic rings. The summed E-state index contributed by atoms with van der Waals surface area (Å²) in [5, 5.41) is 0. The van der Waals surface area contributed by atoms with E-state index in [4.69, 9.17) is 0 Å². The molecule has 170 valence electrons. The van der Waals surface area contributed by atoms with Crippen LogP contribution in [0, 0.1) is 42.6 Å². The zero-order valence-electron chi connectivity index (χ0n) is 19.6. The van der Waals surface area contributed by atoms with E-state index in [9.17, 15) is 0 Å². The molecule has 2 aromatic carbocycles. The van der Waals surface area contributed by atoms with Crippen LogP contribution in [-0.4, -0.2) is 0 Å². The van der Waals surface area contributed by atoms with Crippen LogP contribution in [0.5, 0.6) is 0 Å². The maximum atomic E-state index is 3.45. The normalized spacial score (nSPS) is 27.8. The second-order valence-corrected chi connectivity index (χ2v) is 9.93. The van der Waals surface area contributed by atoms with Gasteiger partial charge in [0.2, 0.25) is 0 Å². The second kappa shape index (κ2) is 13.3. The number of benzene rings is 2. The predicted octanol–water partition coefficient (Wildman–Crippen LogP) is 5.38. The van der Waals surface area contributed by atoms with Crippen LogP contribution in [0.15, 0.2) is 66.7 Å². The van der Waals surface area contributed by atoms with E-state index in [1.807, 2.05) is 6.07 Å². The van der Waals surface area contributed by atoms with E-state index >= 15 is 0 Å². The Hall–Kier alpha value is -0.907. The number of allylic oxidation sites excluding steroid dienone is 4. The molecule has 0 spiro atoms. The van der Waals surface area contributed by atoms with Crippen molar-refractivity contribution >= 4 is 11.1 Å². The van der Waals surface area contributed by atoms with E-state index < -0.39 is 0 Å². The van der Waals surface area contributed by atoms with E-state index in [2.05, 4.69) is 79.6 Å². The van der Waals surface area contributed by atoms with Crippen molar-refractivity contribution in [1.82, 2.24) is 0 Å². The van der Waals surface area contributed by atoms with Gasteiger partial charge >= 0.3 is 26.2 Å². The summed E-state index contributed by atoms with van der Waals surface area (Å²) in [5.41, 5.74) is 5.06. The first kappa shape index (κ1) is 26.7. The Kier molecular flexibility index (Phi) is 10.7. The number of fused-ring (bicyclic) bond motifs is 4. The maximum absolute atomic E-state index is 3.45. The topological polar surface area (TPSA) is 0 Å². The van der Waals surface area contributed by atoms with Gasteiger partial charge in [-0.3, -0.25) is 0 Å². The Labute approximate surface area is 226 Å². The monoisotopic (exact) mass is 532 g/mol. The molecule has 0 aromatic heterocycles. The van der Waals surface area contributed by atoms with Crippen LogP contribution in [0.4, 0.5) is 0 Å². The standard InChI is InChI=1S/C17H13.2C7H11.ClH.Zr/c1-3-8-14(9-4-1)16-12-7-13-17(16)15-10-5-2-6-11-15;2*1-2-7-4-3-6(1)5-7;;/h1-6,8-12H,7H2;2*1,6-7H,2-5H2;1H;/q3*-1;;+4/p-1. The first-order valence-corrected chi connectivity index (χ1v) is 12.4. The zero-order chi connectivity index (χ0) is 20.9. The predicted molar refractivity (Wildman–Crippen MR) is 132 cm³/mol. The van der Waals surface area contributed by atoms with Crippen LogP contribution in [0.1, 0.15) is 68.9 Å². The Balaban J connectivity index is 0.000000158. The van der Waals surface area contributed by atoms with E-state index in [-0.39, 0.29) is 38.6 Å². The molecule has 0 aliphatic heterocycles. The van der Waals surface area contributed by atoms with Gasteiger partial charge < -0.3 is 25.2 Å². The van der Waals surface area contributed by atoms with E-state index in [0.29, 0.717) is 0 Å². The summed E-state index contributed by atoms with van der Waals surface area (Å²) in [7, 11) is 0. The third-order valence-corrected chi connectivity index (χ3v) is 7.77. The summed E-state index contributed by atoms with van der Waals surface area (Å²) >= 11 is 0. The molecule has 2 aromatic rings. The van der Waals surface area contributed by atoms with Crippen molar-refractivity contribution < 1.29 is 38.6 Å². The first-order valence-electron chi connectivity index (χ1n) is 12.4. The van der Waals surface area contributed by atoms with Crippen molar-refractivity contribution in [2.75, 3.05) is 0 Å². The fourth-order valence-corrected chi connectivity index (χ4v) is 6.05. The SMILES string of the molecule is [C-]1=C(c2ccccc2)C(c2ccccc2)=CC1.[CH-]1CC2CCC1C2.[CH-]1CC2CCC1C2.[Cl-].[Zr+4]. The van der Waals surface area contributed by atoms with Gasteiger partial charge in [0.05, 0.1) is 0 Å². The summed E-state index contributed by atoms with van der Waals surface area (Å²) in [4.78, 5) is 0. The van der Waals surface area contributed by atoms with Gasteiger partial charge in [-0.2, -0.15) is 36.3 Å². The summed E-state index contributed by atoms with van der Waals surface area (Å²) in [6.45, 7) is 0. The molecule has 0 saturated heterocycles. The van der Waals surface area contributed by atoms with Crippen molar-refractivity contribution in [3.05, 3.63) is 96.8 Å². The molecule has 4 saturated carbocycles. The molecule has 4 unspecified atom stereocenters. The van der Waals surface area contributed by atoms with Crippen molar-refractivity contribution in [3.63, 3.8) is 0 Å². The van der Waals surface area contributed by atoms with E-state index in [0.717, 1.165) is 30.1 Å². The molecule has 4 atom stereocenters. The fraction of sp³-hybridized carbons (Fsp3) is 0.419. The van der Waals surface area contributed by atoms with Crippen LogP contribution >= 0.6 is 0 Å². The molecule has 4 bridgehead atoms. The van der Waals surface area contributed by atoms with Crippen LogP contribution < -0.4 is 12.4 Å². The Morgan fingerprint density at radius 3 is 1.55 bits per heavy atom. The third-order valence-electron chi connectivity index (χ3n) is 7.77. The van der Waals surface area contributed by atoms with Crippen molar-refractivity contribution in [1.29, 1.82) is 0 Å². The number of hydrogen-bond acceptors (Lipinski definition) is 0. The Morgan fingerprint density at radius 1 is 0.667 bits per heavy atom. The Bertz CT molecular complexity index is 790. The second-order valence-electron chi connectivity index (χ2n) is 9.93. The molecule has 0 radical (unpaired) electrons. The molecule has 0 amide bonds. The first-order chi connectivity index (χ1) is 15.3. The minimum absolute atomic E-state index is 0. The van der Waals surface area contributed by atoms with Crippen molar-refractivity contribution in [3.8, 4) is 0 Å². The maximum Gasteiger partial charge on any atom is 4.00 e. The fourth-order valence-electron chi connectivity index (χ4n) is 6.05. The molecular formula is C31H35ClZr. The van der Waals surface area contributed by atoms with Gasteiger partial charge in [-0.15, -0.1) is 29.3 Å². The molecule has 33 heavy (non-hydrogen) atoms. The van der Waals surface area contributed by atoms with Gasteiger partial charge in [0.25, 0.3) is 0 Å². The van der Waals surface area contributed by atoms with Gasteiger partial charge in [-0.05, 0) is 0 Å². The van der Waals surface area contributed by atoms with Crippen LogP contribution in [-0.2, 0) is 26.2 Å². The average Bonchev–Trinajstić information content (AvgIpc) is 3.68. The summed E-state index contributed by atoms with van der Waals surface area (Å²) in [6.07, 6.45) is 23.6. The molecule has 0 nitrogen and oxygen atoms in total. The van der Waals surface area contributed by atoms with Gasteiger partial charge in [-0.1, -0.05) is 111 Å². The molecule has 0 heterocycles. The third kappa shape index (κ3) is 7.05. The molecule has 2 heteroatoms. The number of hydrogen-bond donors (Lipinski definition) is 0. The number of rotatable bonds is 2. The van der Waals surface area contributed by atoms with Crippen LogP contribution in [0.3, 0.4) is 0 Å². The largest absolute Gasteiger partial charge is 4.00 e. The molecule has 7 rings (SSSR count). The minimum atomic E-state index is 0. The zero-order valence-corrected chi connectivity index (χ0v) is 22.8. The van der Waals surface area contributed by atoms with Crippen molar-refractivity contribution in [2.24, 2.45) is 23.7 Å².